The summed E-state index contributed by atoms with van der Waals surface area (Å²) in [6.45, 7) is 6.96. The van der Waals surface area contributed by atoms with Crippen LogP contribution in [0.15, 0.2) is 12.3 Å². The van der Waals surface area contributed by atoms with E-state index in [0.717, 1.165) is 11.8 Å². The predicted molar refractivity (Wildman–Crippen MR) is 60.7 cm³/mol. The van der Waals surface area contributed by atoms with Crippen LogP contribution in [0.2, 0.25) is 0 Å². The Morgan fingerprint density at radius 1 is 1.31 bits per heavy atom. The molecule has 0 aliphatic heterocycles. The van der Waals surface area contributed by atoms with Crippen molar-refractivity contribution in [1.29, 1.82) is 0 Å². The van der Waals surface area contributed by atoms with Crippen molar-refractivity contribution in [3.8, 4) is 0 Å². The smallest absolute Gasteiger partial charge is 0.00276 e. The Kier molecular flexibility index (Phi) is 7.86. The number of nitrogens with one attached hydrogen (secondary N) is 1. The first-order valence-corrected chi connectivity index (χ1v) is 5.54. The highest BCUT2D eigenvalue weighted by molar-refractivity contribution is 4.78. The van der Waals surface area contributed by atoms with Crippen LogP contribution in [0.3, 0.4) is 0 Å². The van der Waals surface area contributed by atoms with Gasteiger partial charge in [0, 0.05) is 7.05 Å². The van der Waals surface area contributed by atoms with Gasteiger partial charge in [-0.05, 0) is 37.3 Å². The third-order valence-corrected chi connectivity index (χ3v) is 2.70. The maximum absolute atomic E-state index is 3.01. The molecule has 0 aromatic carbocycles. The molecule has 0 saturated heterocycles. The Morgan fingerprint density at radius 2 is 2.00 bits per heavy atom. The second kappa shape index (κ2) is 8.15. The fourth-order valence-electron chi connectivity index (χ4n) is 1.71. The molecule has 0 aliphatic rings. The van der Waals surface area contributed by atoms with Crippen molar-refractivity contribution in [2.24, 2.45) is 11.8 Å². The molecule has 0 aromatic rings. The topological polar surface area (TPSA) is 12.0 Å². The van der Waals surface area contributed by atoms with E-state index >= 15 is 0 Å². The van der Waals surface area contributed by atoms with Gasteiger partial charge in [-0.2, -0.15) is 0 Å². The normalized spacial score (nSPS) is 13.9. The molecule has 0 fully saturated rings. The van der Waals surface area contributed by atoms with E-state index in [1.807, 2.05) is 13.2 Å². The summed E-state index contributed by atoms with van der Waals surface area (Å²) in [6.07, 6.45) is 9.48. The number of hydrogen-bond acceptors (Lipinski definition) is 1. The molecule has 0 aromatic heterocycles. The first-order chi connectivity index (χ1) is 6.22. The molecule has 1 unspecified atom stereocenters. The van der Waals surface area contributed by atoms with Gasteiger partial charge in [0.25, 0.3) is 0 Å². The Labute approximate surface area is 83.6 Å². The second-order valence-corrected chi connectivity index (χ2v) is 4.03. The number of rotatable bonds is 7. The molecule has 0 rings (SSSR count). The average Bonchev–Trinajstić information content (AvgIpc) is 2.10. The highest BCUT2D eigenvalue weighted by Crippen LogP contribution is 2.21. The SMILES string of the molecule is CCC(CCC/C=C/NC)C(C)C. The fraction of sp³-hybridized carbons (Fsp3) is 0.833. The second-order valence-electron chi connectivity index (χ2n) is 4.03. The first-order valence-electron chi connectivity index (χ1n) is 5.54. The standard InChI is InChI=1S/C12H25N/c1-5-12(11(2)3)9-7-6-8-10-13-4/h8,10-13H,5-7,9H2,1-4H3/b10-8+. The van der Waals surface area contributed by atoms with E-state index in [-0.39, 0.29) is 0 Å². The molecule has 0 bridgehead atoms. The van der Waals surface area contributed by atoms with Gasteiger partial charge in [0.1, 0.15) is 0 Å². The zero-order valence-corrected chi connectivity index (χ0v) is 9.64. The van der Waals surface area contributed by atoms with Crippen molar-refractivity contribution in [3.63, 3.8) is 0 Å². The molecular formula is C12H25N. The molecule has 13 heavy (non-hydrogen) atoms. The molecular weight excluding hydrogens is 158 g/mol. The summed E-state index contributed by atoms with van der Waals surface area (Å²) in [7, 11) is 1.94. The van der Waals surface area contributed by atoms with Crippen LogP contribution >= 0.6 is 0 Å². The van der Waals surface area contributed by atoms with Gasteiger partial charge in [0.15, 0.2) is 0 Å². The van der Waals surface area contributed by atoms with Gasteiger partial charge in [-0.1, -0.05) is 33.3 Å². The van der Waals surface area contributed by atoms with Crippen molar-refractivity contribution < 1.29 is 0 Å². The molecule has 0 amide bonds. The summed E-state index contributed by atoms with van der Waals surface area (Å²) in [6, 6.07) is 0. The molecule has 78 valence electrons. The van der Waals surface area contributed by atoms with E-state index in [1.165, 1.54) is 25.7 Å². The molecule has 0 spiro atoms. The third-order valence-electron chi connectivity index (χ3n) is 2.70. The minimum absolute atomic E-state index is 0.846. The van der Waals surface area contributed by atoms with Crippen LogP contribution in [0.4, 0.5) is 0 Å². The van der Waals surface area contributed by atoms with Crippen LogP contribution in [0.5, 0.6) is 0 Å². The van der Waals surface area contributed by atoms with Crippen molar-refractivity contribution in [2.75, 3.05) is 7.05 Å². The van der Waals surface area contributed by atoms with Crippen molar-refractivity contribution >= 4 is 0 Å². The quantitative estimate of drug-likeness (QED) is 0.595. The Bertz CT molecular complexity index is 127. The van der Waals surface area contributed by atoms with Crippen molar-refractivity contribution in [1.82, 2.24) is 5.32 Å². The van der Waals surface area contributed by atoms with E-state index < -0.39 is 0 Å². The summed E-state index contributed by atoms with van der Waals surface area (Å²) >= 11 is 0. The lowest BCUT2D eigenvalue weighted by Crippen LogP contribution is -2.06. The minimum Gasteiger partial charge on any atom is -0.394 e. The Hall–Kier alpha value is -0.460. The molecule has 1 atom stereocenters. The van der Waals surface area contributed by atoms with Crippen molar-refractivity contribution in [2.45, 2.75) is 46.5 Å². The van der Waals surface area contributed by atoms with Crippen LogP contribution in [-0.2, 0) is 0 Å². The van der Waals surface area contributed by atoms with E-state index in [0.29, 0.717) is 0 Å². The molecule has 1 heteroatoms. The van der Waals surface area contributed by atoms with Gasteiger partial charge < -0.3 is 5.32 Å². The maximum Gasteiger partial charge on any atom is 0.00276 e. The molecule has 0 heterocycles. The molecule has 0 aliphatic carbocycles. The Morgan fingerprint density at radius 3 is 2.46 bits per heavy atom. The van der Waals surface area contributed by atoms with Gasteiger partial charge in [0.05, 0.1) is 0 Å². The zero-order valence-electron chi connectivity index (χ0n) is 9.64. The van der Waals surface area contributed by atoms with Gasteiger partial charge >= 0.3 is 0 Å². The van der Waals surface area contributed by atoms with Crippen LogP contribution in [0.25, 0.3) is 0 Å². The largest absolute Gasteiger partial charge is 0.394 e. The zero-order chi connectivity index (χ0) is 10.1. The van der Waals surface area contributed by atoms with Crippen molar-refractivity contribution in [3.05, 3.63) is 12.3 Å². The summed E-state index contributed by atoms with van der Waals surface area (Å²) in [4.78, 5) is 0. The number of hydrogen-bond donors (Lipinski definition) is 1. The lowest BCUT2D eigenvalue weighted by molar-refractivity contribution is 0.342. The summed E-state index contributed by atoms with van der Waals surface area (Å²) in [5.74, 6) is 1.77. The minimum atomic E-state index is 0.846. The molecule has 1 N–H and O–H groups in total. The average molecular weight is 183 g/mol. The van der Waals surface area contributed by atoms with E-state index in [4.69, 9.17) is 0 Å². The van der Waals surface area contributed by atoms with E-state index in [9.17, 15) is 0 Å². The summed E-state index contributed by atoms with van der Waals surface area (Å²) in [5, 5.41) is 3.01. The highest BCUT2D eigenvalue weighted by atomic mass is 14.8. The van der Waals surface area contributed by atoms with Crippen LogP contribution < -0.4 is 5.32 Å². The summed E-state index contributed by atoms with van der Waals surface area (Å²) in [5.41, 5.74) is 0. The molecule has 0 saturated carbocycles. The van der Waals surface area contributed by atoms with E-state index in [1.54, 1.807) is 0 Å². The summed E-state index contributed by atoms with van der Waals surface area (Å²) < 4.78 is 0. The first kappa shape index (κ1) is 12.5. The lowest BCUT2D eigenvalue weighted by atomic mass is 9.88. The fourth-order valence-corrected chi connectivity index (χ4v) is 1.71. The van der Waals surface area contributed by atoms with Gasteiger partial charge in [-0.25, -0.2) is 0 Å². The third kappa shape index (κ3) is 6.68. The van der Waals surface area contributed by atoms with Crippen LogP contribution in [0, 0.1) is 11.8 Å². The number of allylic oxidation sites excluding steroid dienone is 1. The lowest BCUT2D eigenvalue weighted by Gasteiger charge is -2.18. The number of unbranched alkanes of at least 4 members (excludes halogenated alkanes) is 1. The van der Waals surface area contributed by atoms with Crippen LogP contribution in [0.1, 0.15) is 46.5 Å². The van der Waals surface area contributed by atoms with Gasteiger partial charge in [-0.15, -0.1) is 0 Å². The molecule has 1 nitrogen and oxygen atoms in total. The molecule has 0 radical (unpaired) electrons. The maximum atomic E-state index is 3.01. The van der Waals surface area contributed by atoms with E-state index in [2.05, 4.69) is 32.2 Å². The Balaban J connectivity index is 3.44. The predicted octanol–water partition coefficient (Wildman–Crippen LogP) is 3.57. The van der Waals surface area contributed by atoms with Crippen LogP contribution in [-0.4, -0.2) is 7.05 Å². The highest BCUT2D eigenvalue weighted by Gasteiger charge is 2.09. The van der Waals surface area contributed by atoms with Gasteiger partial charge in [-0.3, -0.25) is 0 Å². The van der Waals surface area contributed by atoms with Gasteiger partial charge in [0.2, 0.25) is 0 Å². The monoisotopic (exact) mass is 183 g/mol.